The molecule has 1 atom stereocenters. The summed E-state index contributed by atoms with van der Waals surface area (Å²) in [7, 11) is 0. The number of ketones is 1. The summed E-state index contributed by atoms with van der Waals surface area (Å²) in [5, 5.41) is 0. The Labute approximate surface area is 100 Å². The molecule has 17 heavy (non-hydrogen) atoms. The van der Waals surface area contributed by atoms with E-state index in [1.807, 2.05) is 13.0 Å². The van der Waals surface area contributed by atoms with E-state index in [-0.39, 0.29) is 5.78 Å². The van der Waals surface area contributed by atoms with E-state index in [2.05, 4.69) is 18.2 Å². The molecule has 86 valence electrons. The van der Waals surface area contributed by atoms with Gasteiger partial charge in [-0.3, -0.25) is 4.79 Å². The first-order chi connectivity index (χ1) is 8.25. The molecule has 1 aliphatic rings. The normalized spacial score (nSPS) is 17.4. The average Bonchev–Trinajstić information content (AvgIpc) is 2.72. The van der Waals surface area contributed by atoms with Gasteiger partial charge in [0.05, 0.1) is 11.8 Å². The Morgan fingerprint density at radius 3 is 2.88 bits per heavy atom. The second-order valence-electron chi connectivity index (χ2n) is 4.62. The predicted octanol–water partition coefficient (Wildman–Crippen LogP) is 3.50. The average molecular weight is 226 g/mol. The first kappa shape index (κ1) is 10.3. The van der Waals surface area contributed by atoms with Crippen LogP contribution in [0.5, 0.6) is 0 Å². The minimum atomic E-state index is 0.191. The molecule has 0 spiro atoms. The quantitative estimate of drug-likeness (QED) is 0.750. The predicted molar refractivity (Wildman–Crippen MR) is 65.3 cm³/mol. The molecule has 0 fully saturated rings. The van der Waals surface area contributed by atoms with Crippen LogP contribution in [0.4, 0.5) is 0 Å². The van der Waals surface area contributed by atoms with Crippen molar-refractivity contribution in [2.75, 3.05) is 0 Å². The van der Waals surface area contributed by atoms with Crippen LogP contribution in [0.15, 0.2) is 41.0 Å². The van der Waals surface area contributed by atoms with E-state index in [0.717, 1.165) is 17.7 Å². The number of hydrogen-bond donors (Lipinski definition) is 0. The Morgan fingerprint density at radius 2 is 2.18 bits per heavy atom. The number of aryl methyl sites for hydroxylation is 1. The summed E-state index contributed by atoms with van der Waals surface area (Å²) in [5.74, 6) is 1.31. The summed E-state index contributed by atoms with van der Waals surface area (Å²) >= 11 is 0. The third kappa shape index (κ3) is 1.70. The van der Waals surface area contributed by atoms with Crippen molar-refractivity contribution in [3.8, 4) is 0 Å². The zero-order valence-electron chi connectivity index (χ0n) is 9.77. The van der Waals surface area contributed by atoms with Crippen molar-refractivity contribution in [1.82, 2.24) is 0 Å². The van der Waals surface area contributed by atoms with Crippen LogP contribution in [0.3, 0.4) is 0 Å². The van der Waals surface area contributed by atoms with Crippen LogP contribution in [-0.2, 0) is 6.42 Å². The lowest BCUT2D eigenvalue weighted by atomic mass is 9.74. The third-order valence-corrected chi connectivity index (χ3v) is 3.55. The number of carbonyl (C=O) groups is 1. The van der Waals surface area contributed by atoms with Gasteiger partial charge >= 0.3 is 0 Å². The Kier molecular flexibility index (Phi) is 2.36. The maximum Gasteiger partial charge on any atom is 0.166 e. The molecule has 1 aliphatic carbocycles. The molecule has 0 amide bonds. The fraction of sp³-hybridized carbons (Fsp3) is 0.267. The molecule has 3 rings (SSSR count). The van der Waals surface area contributed by atoms with Gasteiger partial charge in [0.15, 0.2) is 5.78 Å². The van der Waals surface area contributed by atoms with Crippen molar-refractivity contribution in [2.24, 2.45) is 0 Å². The summed E-state index contributed by atoms with van der Waals surface area (Å²) in [6.07, 6.45) is 3.20. The van der Waals surface area contributed by atoms with Gasteiger partial charge in [0.2, 0.25) is 0 Å². The lowest BCUT2D eigenvalue weighted by Crippen LogP contribution is -2.20. The van der Waals surface area contributed by atoms with Gasteiger partial charge in [-0.1, -0.05) is 24.3 Å². The van der Waals surface area contributed by atoms with Gasteiger partial charge in [0.1, 0.15) is 5.76 Å². The Bertz CT molecular complexity index is 566. The molecule has 0 saturated heterocycles. The van der Waals surface area contributed by atoms with Crippen LogP contribution in [0, 0.1) is 6.92 Å². The molecule has 0 saturated carbocycles. The molecule has 0 aliphatic heterocycles. The molecular weight excluding hydrogens is 212 g/mol. The summed E-state index contributed by atoms with van der Waals surface area (Å²) in [6, 6.07) is 10.1. The lowest BCUT2D eigenvalue weighted by molar-refractivity contribution is 0.0969. The number of furan rings is 1. The third-order valence-electron chi connectivity index (χ3n) is 3.55. The van der Waals surface area contributed by atoms with Crippen LogP contribution >= 0.6 is 0 Å². The lowest BCUT2D eigenvalue weighted by Gasteiger charge is -2.29. The first-order valence-corrected chi connectivity index (χ1v) is 5.91. The van der Waals surface area contributed by atoms with Crippen molar-refractivity contribution >= 4 is 5.78 Å². The largest absolute Gasteiger partial charge is 0.469 e. The van der Waals surface area contributed by atoms with E-state index in [1.54, 1.807) is 12.3 Å². The van der Waals surface area contributed by atoms with Gasteiger partial charge in [0, 0.05) is 6.42 Å². The van der Waals surface area contributed by atoms with E-state index < -0.39 is 0 Å². The topological polar surface area (TPSA) is 30.2 Å². The van der Waals surface area contributed by atoms with E-state index in [9.17, 15) is 4.79 Å². The minimum Gasteiger partial charge on any atom is -0.469 e. The second-order valence-corrected chi connectivity index (χ2v) is 4.62. The number of fused-ring (bicyclic) bond motifs is 1. The Balaban J connectivity index is 1.75. The molecular formula is C15H14O2. The number of carbonyl (C=O) groups excluding carboxylic acids is 1. The highest BCUT2D eigenvalue weighted by Crippen LogP contribution is 2.38. The number of benzene rings is 1. The molecule has 1 unspecified atom stereocenters. The van der Waals surface area contributed by atoms with E-state index in [4.69, 9.17) is 4.42 Å². The molecule has 0 bridgehead atoms. The fourth-order valence-corrected chi connectivity index (χ4v) is 2.55. The van der Waals surface area contributed by atoms with Crippen molar-refractivity contribution in [3.05, 3.63) is 59.0 Å². The van der Waals surface area contributed by atoms with Gasteiger partial charge in [-0.05, 0) is 36.5 Å². The molecule has 1 heterocycles. The minimum absolute atomic E-state index is 0.191. The highest BCUT2D eigenvalue weighted by atomic mass is 16.3. The van der Waals surface area contributed by atoms with Gasteiger partial charge in [-0.15, -0.1) is 0 Å². The molecule has 0 radical (unpaired) electrons. The number of hydrogen-bond acceptors (Lipinski definition) is 2. The number of Topliss-reactive ketones (excluding diaryl/α,β-unsaturated/α-hetero) is 1. The second kappa shape index (κ2) is 3.88. The summed E-state index contributed by atoms with van der Waals surface area (Å²) < 4.78 is 5.17. The Morgan fingerprint density at radius 1 is 1.35 bits per heavy atom. The van der Waals surface area contributed by atoms with Crippen molar-refractivity contribution in [1.29, 1.82) is 0 Å². The van der Waals surface area contributed by atoms with Gasteiger partial charge in [-0.2, -0.15) is 0 Å². The van der Waals surface area contributed by atoms with E-state index in [0.29, 0.717) is 12.3 Å². The SMILES string of the molecule is Cc1occc1C(=O)CC1Cc2ccccc21. The molecule has 1 aromatic heterocycles. The smallest absolute Gasteiger partial charge is 0.166 e. The molecule has 2 heteroatoms. The zero-order chi connectivity index (χ0) is 11.8. The molecule has 2 nitrogen and oxygen atoms in total. The van der Waals surface area contributed by atoms with Gasteiger partial charge < -0.3 is 4.42 Å². The molecule has 0 N–H and O–H groups in total. The van der Waals surface area contributed by atoms with E-state index >= 15 is 0 Å². The van der Waals surface area contributed by atoms with Crippen molar-refractivity contribution < 1.29 is 9.21 Å². The van der Waals surface area contributed by atoms with Crippen molar-refractivity contribution in [3.63, 3.8) is 0 Å². The first-order valence-electron chi connectivity index (χ1n) is 5.91. The van der Waals surface area contributed by atoms with Crippen LogP contribution in [0.25, 0.3) is 0 Å². The fourth-order valence-electron chi connectivity index (χ4n) is 2.55. The highest BCUT2D eigenvalue weighted by Gasteiger charge is 2.28. The number of rotatable bonds is 3. The van der Waals surface area contributed by atoms with Crippen LogP contribution < -0.4 is 0 Å². The summed E-state index contributed by atoms with van der Waals surface area (Å²) in [6.45, 7) is 1.84. The summed E-state index contributed by atoms with van der Waals surface area (Å²) in [4.78, 5) is 12.1. The van der Waals surface area contributed by atoms with Crippen LogP contribution in [0.2, 0.25) is 0 Å². The molecule has 1 aromatic carbocycles. The van der Waals surface area contributed by atoms with Gasteiger partial charge in [0.25, 0.3) is 0 Å². The highest BCUT2D eigenvalue weighted by molar-refractivity contribution is 5.97. The zero-order valence-corrected chi connectivity index (χ0v) is 9.77. The Hall–Kier alpha value is -1.83. The molecule has 2 aromatic rings. The maximum atomic E-state index is 12.1. The van der Waals surface area contributed by atoms with Gasteiger partial charge in [-0.25, -0.2) is 0 Å². The van der Waals surface area contributed by atoms with Crippen LogP contribution in [-0.4, -0.2) is 5.78 Å². The van der Waals surface area contributed by atoms with Crippen LogP contribution in [0.1, 0.15) is 39.6 Å². The van der Waals surface area contributed by atoms with E-state index in [1.165, 1.54) is 11.1 Å². The standard InChI is InChI=1S/C15H14O2/c1-10-13(6-7-17-10)15(16)9-12-8-11-4-2-3-5-14(11)12/h2-7,12H,8-9H2,1H3. The summed E-state index contributed by atoms with van der Waals surface area (Å²) in [5.41, 5.74) is 3.45. The maximum absolute atomic E-state index is 12.1. The van der Waals surface area contributed by atoms with Crippen molar-refractivity contribution in [2.45, 2.75) is 25.7 Å². The monoisotopic (exact) mass is 226 g/mol.